The molecule has 2 unspecified atom stereocenters. The van der Waals surface area contributed by atoms with Gasteiger partial charge in [-0.3, -0.25) is 9.59 Å². The smallest absolute Gasteiger partial charge is 0.260 e. The molecule has 3 N–H and O–H groups in total. The molecule has 2 heterocycles. The van der Waals surface area contributed by atoms with Gasteiger partial charge in [0, 0.05) is 11.7 Å². The predicted molar refractivity (Wildman–Crippen MR) is 81.6 cm³/mol. The maximum Gasteiger partial charge on any atom is 0.260 e. The molecule has 1 aromatic heterocycles. The second-order valence-corrected chi connectivity index (χ2v) is 5.25. The Hall–Kier alpha value is -1.33. The Morgan fingerprint density at radius 1 is 1.45 bits per heavy atom. The minimum absolute atomic E-state index is 0. The van der Waals surface area contributed by atoms with Gasteiger partial charge in [-0.25, -0.2) is 0 Å². The third kappa shape index (κ3) is 4.08. The Kier molecular flexibility index (Phi) is 6.23. The lowest BCUT2D eigenvalue weighted by Crippen LogP contribution is -2.45. The summed E-state index contributed by atoms with van der Waals surface area (Å²) in [5, 5.41) is 6.26. The highest BCUT2D eigenvalue weighted by molar-refractivity contribution is 5.93. The third-order valence-corrected chi connectivity index (χ3v) is 3.70. The minimum atomic E-state index is -0.327. The molecule has 0 aliphatic carbocycles. The Morgan fingerprint density at radius 2 is 2.20 bits per heavy atom. The summed E-state index contributed by atoms with van der Waals surface area (Å²) in [7, 11) is 0. The molecule has 1 saturated heterocycles. The topological polar surface area (TPSA) is 74.0 Å². The van der Waals surface area contributed by atoms with E-state index < -0.39 is 0 Å². The highest BCUT2D eigenvalue weighted by Gasteiger charge is 2.22. The van der Waals surface area contributed by atoms with Crippen LogP contribution in [0.5, 0.6) is 0 Å². The van der Waals surface area contributed by atoms with Gasteiger partial charge in [-0.2, -0.15) is 0 Å². The van der Waals surface area contributed by atoms with Crippen molar-refractivity contribution in [3.05, 3.63) is 33.7 Å². The number of aromatic nitrogens is 1. The van der Waals surface area contributed by atoms with Crippen molar-refractivity contribution >= 4 is 18.3 Å². The van der Waals surface area contributed by atoms with Gasteiger partial charge in [0.25, 0.3) is 11.5 Å². The molecule has 1 aliphatic heterocycles. The molecule has 1 aliphatic rings. The number of nitrogens with one attached hydrogen (secondary N) is 3. The fraction of sp³-hybridized carbons (Fsp3) is 0.571. The number of aryl methyl sites for hydroxylation is 1. The molecule has 2 rings (SSSR count). The van der Waals surface area contributed by atoms with Crippen molar-refractivity contribution in [2.24, 2.45) is 5.92 Å². The zero-order chi connectivity index (χ0) is 13.8. The van der Waals surface area contributed by atoms with Gasteiger partial charge in [0.2, 0.25) is 0 Å². The largest absolute Gasteiger partial charge is 0.349 e. The minimum Gasteiger partial charge on any atom is -0.349 e. The predicted octanol–water partition coefficient (Wildman–Crippen LogP) is 1.22. The summed E-state index contributed by atoms with van der Waals surface area (Å²) in [5.74, 6) is 0.140. The van der Waals surface area contributed by atoms with Gasteiger partial charge in [-0.15, -0.1) is 12.4 Å². The Labute approximate surface area is 125 Å². The number of hydrogen-bond acceptors (Lipinski definition) is 3. The van der Waals surface area contributed by atoms with Gasteiger partial charge in [0.05, 0.1) is 0 Å². The lowest BCUT2D eigenvalue weighted by atomic mass is 9.92. The average molecular weight is 300 g/mol. The molecule has 0 aromatic carbocycles. The molecule has 0 spiro atoms. The Bertz CT molecular complexity index is 509. The summed E-state index contributed by atoms with van der Waals surface area (Å²) >= 11 is 0. The standard InChI is InChI=1S/C14H21N3O2.ClH/c1-9-5-6-12(13(18)16-9)14(19)17-10(2)11-4-3-7-15-8-11;/h5-6,10-11,15H,3-4,7-8H2,1-2H3,(H,16,18)(H,17,19);1H. The lowest BCUT2D eigenvalue weighted by Gasteiger charge is -2.28. The summed E-state index contributed by atoms with van der Waals surface area (Å²) in [6.45, 7) is 5.76. The third-order valence-electron chi connectivity index (χ3n) is 3.70. The Morgan fingerprint density at radius 3 is 2.80 bits per heavy atom. The number of halogens is 1. The van der Waals surface area contributed by atoms with Crippen molar-refractivity contribution in [1.29, 1.82) is 0 Å². The van der Waals surface area contributed by atoms with Crippen LogP contribution >= 0.6 is 12.4 Å². The normalized spacial score (nSPS) is 19.8. The van der Waals surface area contributed by atoms with Gasteiger partial charge in [0.15, 0.2) is 0 Å². The summed E-state index contributed by atoms with van der Waals surface area (Å²) in [5.41, 5.74) is 0.610. The number of carbonyl (C=O) groups is 1. The summed E-state index contributed by atoms with van der Waals surface area (Å²) in [4.78, 5) is 26.4. The zero-order valence-corrected chi connectivity index (χ0v) is 12.7. The molecular weight excluding hydrogens is 278 g/mol. The van der Waals surface area contributed by atoms with E-state index in [1.807, 2.05) is 6.92 Å². The second-order valence-electron chi connectivity index (χ2n) is 5.25. The number of aromatic amines is 1. The molecule has 20 heavy (non-hydrogen) atoms. The summed E-state index contributed by atoms with van der Waals surface area (Å²) in [6.07, 6.45) is 2.24. The quantitative estimate of drug-likeness (QED) is 0.786. The van der Waals surface area contributed by atoms with Crippen LogP contribution in [0.2, 0.25) is 0 Å². The molecule has 1 amide bonds. The molecular formula is C14H22ClN3O2. The second kappa shape index (κ2) is 7.45. The first kappa shape index (κ1) is 16.7. The summed E-state index contributed by atoms with van der Waals surface area (Å²) in [6, 6.07) is 3.39. The number of carbonyl (C=O) groups excluding carboxylic acids is 1. The first-order valence-electron chi connectivity index (χ1n) is 6.79. The van der Waals surface area contributed by atoms with Crippen LogP contribution in [-0.4, -0.2) is 30.0 Å². The van der Waals surface area contributed by atoms with Crippen LogP contribution in [0.4, 0.5) is 0 Å². The fourth-order valence-electron chi connectivity index (χ4n) is 2.46. The van der Waals surface area contributed by atoms with E-state index in [1.54, 1.807) is 19.1 Å². The van der Waals surface area contributed by atoms with Crippen molar-refractivity contribution in [3.8, 4) is 0 Å². The highest BCUT2D eigenvalue weighted by atomic mass is 35.5. The number of amides is 1. The SMILES string of the molecule is Cc1ccc(C(=O)NC(C)C2CCCNC2)c(=O)[nH]1.Cl. The molecule has 1 aromatic rings. The van der Waals surface area contributed by atoms with E-state index in [9.17, 15) is 9.59 Å². The van der Waals surface area contributed by atoms with Crippen molar-refractivity contribution in [3.63, 3.8) is 0 Å². The van der Waals surface area contributed by atoms with Crippen LogP contribution in [-0.2, 0) is 0 Å². The first-order valence-corrected chi connectivity index (χ1v) is 6.79. The van der Waals surface area contributed by atoms with E-state index >= 15 is 0 Å². The van der Waals surface area contributed by atoms with Crippen molar-refractivity contribution < 1.29 is 4.79 Å². The molecule has 0 radical (unpaired) electrons. The van der Waals surface area contributed by atoms with Crippen LogP contribution in [0.1, 0.15) is 35.8 Å². The van der Waals surface area contributed by atoms with Crippen molar-refractivity contribution in [1.82, 2.24) is 15.6 Å². The Balaban J connectivity index is 0.00000200. The number of piperidine rings is 1. The number of hydrogen-bond donors (Lipinski definition) is 3. The van der Waals surface area contributed by atoms with E-state index in [-0.39, 0.29) is 35.5 Å². The van der Waals surface area contributed by atoms with Gasteiger partial charge in [-0.1, -0.05) is 0 Å². The van der Waals surface area contributed by atoms with E-state index in [1.165, 1.54) is 0 Å². The first-order chi connectivity index (χ1) is 9.08. The summed E-state index contributed by atoms with van der Waals surface area (Å²) < 4.78 is 0. The van der Waals surface area contributed by atoms with Crippen LogP contribution in [0.15, 0.2) is 16.9 Å². The maximum atomic E-state index is 12.1. The molecule has 0 bridgehead atoms. The van der Waals surface area contributed by atoms with Gasteiger partial charge >= 0.3 is 0 Å². The lowest BCUT2D eigenvalue weighted by molar-refractivity contribution is 0.0920. The van der Waals surface area contributed by atoms with E-state index in [0.29, 0.717) is 5.92 Å². The van der Waals surface area contributed by atoms with E-state index in [2.05, 4.69) is 15.6 Å². The number of pyridine rings is 1. The number of rotatable bonds is 3. The van der Waals surface area contributed by atoms with Crippen molar-refractivity contribution in [2.75, 3.05) is 13.1 Å². The van der Waals surface area contributed by atoms with E-state index in [4.69, 9.17) is 0 Å². The molecule has 5 nitrogen and oxygen atoms in total. The van der Waals surface area contributed by atoms with Gasteiger partial charge in [-0.05, 0) is 57.8 Å². The monoisotopic (exact) mass is 299 g/mol. The zero-order valence-electron chi connectivity index (χ0n) is 11.9. The van der Waals surface area contributed by atoms with Crippen molar-refractivity contribution in [2.45, 2.75) is 32.7 Å². The fourth-order valence-corrected chi connectivity index (χ4v) is 2.46. The van der Waals surface area contributed by atoms with Crippen LogP contribution in [0.3, 0.4) is 0 Å². The average Bonchev–Trinajstić information content (AvgIpc) is 2.39. The molecule has 112 valence electrons. The van der Waals surface area contributed by atoms with Gasteiger partial charge in [0.1, 0.15) is 5.56 Å². The number of H-pyrrole nitrogens is 1. The maximum absolute atomic E-state index is 12.1. The van der Waals surface area contributed by atoms with Crippen LogP contribution < -0.4 is 16.2 Å². The van der Waals surface area contributed by atoms with Crippen LogP contribution in [0.25, 0.3) is 0 Å². The van der Waals surface area contributed by atoms with Gasteiger partial charge < -0.3 is 15.6 Å². The molecule has 6 heteroatoms. The molecule has 2 atom stereocenters. The molecule has 0 saturated carbocycles. The highest BCUT2D eigenvalue weighted by Crippen LogP contribution is 2.14. The van der Waals surface area contributed by atoms with Crippen LogP contribution in [0, 0.1) is 12.8 Å². The molecule has 1 fully saturated rings. The van der Waals surface area contributed by atoms with E-state index in [0.717, 1.165) is 31.6 Å².